The van der Waals surface area contributed by atoms with Crippen molar-refractivity contribution >= 4 is 0 Å². The minimum absolute atomic E-state index is 0.500. The van der Waals surface area contributed by atoms with Gasteiger partial charge in [0.1, 0.15) is 0 Å². The van der Waals surface area contributed by atoms with E-state index < -0.39 is 0 Å². The first-order valence-electron chi connectivity index (χ1n) is 4.85. The molecule has 0 atom stereocenters. The highest BCUT2D eigenvalue weighted by Crippen LogP contribution is 2.08. The van der Waals surface area contributed by atoms with E-state index in [2.05, 4.69) is 19.7 Å². The van der Waals surface area contributed by atoms with Crippen molar-refractivity contribution in [2.24, 2.45) is 0 Å². The Morgan fingerprint density at radius 3 is 2.47 bits per heavy atom. The van der Waals surface area contributed by atoms with Gasteiger partial charge < -0.3 is 4.74 Å². The lowest BCUT2D eigenvalue weighted by atomic mass is 10.1. The number of hydrogen-bond donors (Lipinski definition) is 0. The molecule has 0 amide bonds. The normalized spacial score (nSPS) is 9.60. The number of hydrogen-bond acceptors (Lipinski definition) is 1. The van der Waals surface area contributed by atoms with Crippen molar-refractivity contribution in [3.05, 3.63) is 72.9 Å². The molecule has 0 N–H and O–H groups in total. The summed E-state index contributed by atoms with van der Waals surface area (Å²) >= 11 is 0. The van der Waals surface area contributed by atoms with Gasteiger partial charge in [0.15, 0.2) is 0 Å². The number of rotatable bonds is 6. The van der Waals surface area contributed by atoms with Crippen LogP contribution in [-0.2, 0) is 11.3 Å². The van der Waals surface area contributed by atoms with Crippen LogP contribution in [0, 0.1) is 0 Å². The van der Waals surface area contributed by atoms with Gasteiger partial charge in [0.2, 0.25) is 0 Å². The predicted octanol–water partition coefficient (Wildman–Crippen LogP) is 3.50. The maximum absolute atomic E-state index is 5.50. The Bertz CT molecular complexity index is 349. The van der Waals surface area contributed by atoms with E-state index in [1.165, 1.54) is 0 Å². The van der Waals surface area contributed by atoms with Gasteiger partial charge in [-0.2, -0.15) is 0 Å². The molecule has 1 rings (SSSR count). The zero-order chi connectivity index (χ0) is 11.1. The van der Waals surface area contributed by atoms with Crippen LogP contribution in [0.5, 0.6) is 0 Å². The van der Waals surface area contributed by atoms with E-state index in [0.29, 0.717) is 13.2 Å². The van der Waals surface area contributed by atoms with Crippen LogP contribution in [0.15, 0.2) is 67.3 Å². The second kappa shape index (κ2) is 5.99. The SMILES string of the molecule is C=CC(=C)C(=C)COCc1ccccc1. The van der Waals surface area contributed by atoms with E-state index in [1.54, 1.807) is 6.08 Å². The van der Waals surface area contributed by atoms with E-state index in [4.69, 9.17) is 4.74 Å². The van der Waals surface area contributed by atoms with Crippen molar-refractivity contribution in [2.75, 3.05) is 6.61 Å². The second-order valence-corrected chi connectivity index (χ2v) is 3.31. The minimum atomic E-state index is 0.500. The van der Waals surface area contributed by atoms with Crippen molar-refractivity contribution in [3.8, 4) is 0 Å². The third-order valence-electron chi connectivity index (χ3n) is 2.09. The summed E-state index contributed by atoms with van der Waals surface area (Å²) < 4.78 is 5.50. The Labute approximate surface area is 91.4 Å². The second-order valence-electron chi connectivity index (χ2n) is 3.31. The van der Waals surface area contributed by atoms with Gasteiger partial charge in [-0.05, 0) is 16.7 Å². The molecule has 0 saturated heterocycles. The molecule has 1 aromatic carbocycles. The average Bonchev–Trinajstić information content (AvgIpc) is 2.29. The van der Waals surface area contributed by atoms with Gasteiger partial charge in [-0.25, -0.2) is 0 Å². The van der Waals surface area contributed by atoms with Crippen LogP contribution in [-0.4, -0.2) is 6.61 Å². The molecule has 0 bridgehead atoms. The molecule has 0 fully saturated rings. The third-order valence-corrected chi connectivity index (χ3v) is 2.09. The molecule has 0 aliphatic carbocycles. The number of ether oxygens (including phenoxy) is 1. The van der Waals surface area contributed by atoms with Crippen LogP contribution in [0.2, 0.25) is 0 Å². The van der Waals surface area contributed by atoms with Gasteiger partial charge in [0.25, 0.3) is 0 Å². The lowest BCUT2D eigenvalue weighted by Crippen LogP contribution is -1.98. The molecule has 0 unspecified atom stereocenters. The van der Waals surface area contributed by atoms with Crippen molar-refractivity contribution in [1.29, 1.82) is 0 Å². The molecule has 0 spiro atoms. The molecule has 0 aromatic heterocycles. The van der Waals surface area contributed by atoms with E-state index >= 15 is 0 Å². The molecule has 0 radical (unpaired) electrons. The zero-order valence-corrected chi connectivity index (χ0v) is 8.91. The molecule has 0 aliphatic heterocycles. The molecule has 0 saturated carbocycles. The Kier molecular flexibility index (Phi) is 4.58. The van der Waals surface area contributed by atoms with Crippen LogP contribution in [0.25, 0.3) is 0 Å². The molecule has 78 valence electrons. The van der Waals surface area contributed by atoms with Crippen molar-refractivity contribution in [1.82, 2.24) is 0 Å². The fraction of sp³-hybridized carbons (Fsp3) is 0.143. The summed E-state index contributed by atoms with van der Waals surface area (Å²) in [5.74, 6) is 0. The number of benzene rings is 1. The van der Waals surface area contributed by atoms with E-state index in [-0.39, 0.29) is 0 Å². The lowest BCUT2D eigenvalue weighted by Gasteiger charge is -2.06. The number of allylic oxidation sites excluding steroid dienone is 1. The minimum Gasteiger partial charge on any atom is -0.372 e. The molecular formula is C14H16O. The predicted molar refractivity (Wildman–Crippen MR) is 64.6 cm³/mol. The molecule has 0 heterocycles. The van der Waals surface area contributed by atoms with Gasteiger partial charge in [-0.1, -0.05) is 56.1 Å². The van der Waals surface area contributed by atoms with Crippen LogP contribution >= 0.6 is 0 Å². The van der Waals surface area contributed by atoms with Crippen molar-refractivity contribution in [2.45, 2.75) is 6.61 Å². The highest BCUT2D eigenvalue weighted by molar-refractivity contribution is 5.34. The van der Waals surface area contributed by atoms with Gasteiger partial charge in [0, 0.05) is 0 Å². The summed E-state index contributed by atoms with van der Waals surface area (Å²) in [4.78, 5) is 0. The largest absolute Gasteiger partial charge is 0.372 e. The Morgan fingerprint density at radius 2 is 1.87 bits per heavy atom. The highest BCUT2D eigenvalue weighted by Gasteiger charge is 1.97. The zero-order valence-electron chi connectivity index (χ0n) is 8.91. The van der Waals surface area contributed by atoms with Crippen LogP contribution in [0.4, 0.5) is 0 Å². The summed E-state index contributed by atoms with van der Waals surface area (Å²) in [7, 11) is 0. The summed E-state index contributed by atoms with van der Waals surface area (Å²) in [6.07, 6.45) is 1.69. The fourth-order valence-electron chi connectivity index (χ4n) is 1.10. The lowest BCUT2D eigenvalue weighted by molar-refractivity contribution is 0.144. The Balaban J connectivity index is 2.31. The summed E-state index contributed by atoms with van der Waals surface area (Å²) in [5.41, 5.74) is 2.87. The summed E-state index contributed by atoms with van der Waals surface area (Å²) in [6, 6.07) is 10.0. The van der Waals surface area contributed by atoms with Crippen LogP contribution < -0.4 is 0 Å². The van der Waals surface area contributed by atoms with Gasteiger partial charge in [-0.15, -0.1) is 0 Å². The average molecular weight is 200 g/mol. The summed E-state index contributed by atoms with van der Waals surface area (Å²) in [6.45, 7) is 12.4. The van der Waals surface area contributed by atoms with E-state index in [0.717, 1.165) is 16.7 Å². The summed E-state index contributed by atoms with van der Waals surface area (Å²) in [5, 5.41) is 0. The first kappa shape index (κ1) is 11.5. The van der Waals surface area contributed by atoms with Crippen molar-refractivity contribution in [3.63, 3.8) is 0 Å². The first-order chi connectivity index (χ1) is 7.24. The molecule has 1 nitrogen and oxygen atoms in total. The van der Waals surface area contributed by atoms with Gasteiger partial charge in [0.05, 0.1) is 13.2 Å². The molecular weight excluding hydrogens is 184 g/mol. The first-order valence-corrected chi connectivity index (χ1v) is 4.85. The van der Waals surface area contributed by atoms with Crippen LogP contribution in [0.1, 0.15) is 5.56 Å². The topological polar surface area (TPSA) is 9.23 Å². The van der Waals surface area contributed by atoms with Gasteiger partial charge >= 0.3 is 0 Å². The smallest absolute Gasteiger partial charge is 0.0721 e. The maximum Gasteiger partial charge on any atom is 0.0721 e. The fourth-order valence-corrected chi connectivity index (χ4v) is 1.10. The van der Waals surface area contributed by atoms with E-state index in [9.17, 15) is 0 Å². The molecule has 1 aromatic rings. The highest BCUT2D eigenvalue weighted by atomic mass is 16.5. The molecule has 1 heteroatoms. The van der Waals surface area contributed by atoms with E-state index in [1.807, 2.05) is 30.3 Å². The van der Waals surface area contributed by atoms with Gasteiger partial charge in [-0.3, -0.25) is 0 Å². The molecule has 0 aliphatic rings. The monoisotopic (exact) mass is 200 g/mol. The molecule has 15 heavy (non-hydrogen) atoms. The quantitative estimate of drug-likeness (QED) is 0.638. The third kappa shape index (κ3) is 3.96. The van der Waals surface area contributed by atoms with Crippen molar-refractivity contribution < 1.29 is 4.74 Å². The van der Waals surface area contributed by atoms with Crippen LogP contribution in [0.3, 0.4) is 0 Å². The Hall–Kier alpha value is -1.60. The Morgan fingerprint density at radius 1 is 1.20 bits per heavy atom. The maximum atomic E-state index is 5.50. The standard InChI is InChI=1S/C14H16O/c1-4-12(2)13(3)10-15-11-14-8-6-5-7-9-14/h4-9H,1-3,10-11H2.